The molecule has 3 aromatic rings. The highest BCUT2D eigenvalue weighted by Gasteiger charge is 2.60. The number of fused-ring (bicyclic) bond motifs is 10. The fourth-order valence-corrected chi connectivity index (χ4v) is 10.4. The van der Waals surface area contributed by atoms with E-state index in [9.17, 15) is 24.8 Å². The number of hydrogen-bond donors (Lipinski definition) is 1. The van der Waals surface area contributed by atoms with Gasteiger partial charge >= 0.3 is 17.9 Å². The van der Waals surface area contributed by atoms with Crippen LogP contribution in [0.15, 0.2) is 42.5 Å². The van der Waals surface area contributed by atoms with E-state index < -0.39 is 53.4 Å². The summed E-state index contributed by atoms with van der Waals surface area (Å²) in [6, 6.07) is 10.9. The first kappa shape index (κ1) is 35.8. The Morgan fingerprint density at radius 3 is 2.56 bits per heavy atom. The number of rotatable bonds is 5. The van der Waals surface area contributed by atoms with Crippen LogP contribution < -0.4 is 18.9 Å². The Labute approximate surface area is 316 Å². The number of carbonyl (C=O) groups is 3. The molecule has 6 aliphatic rings. The molecule has 0 aliphatic carbocycles. The summed E-state index contributed by atoms with van der Waals surface area (Å²) >= 11 is 1.32. The summed E-state index contributed by atoms with van der Waals surface area (Å²) in [5.41, 5.74) is 4.92. The molecule has 1 N–H and O–H groups in total. The van der Waals surface area contributed by atoms with Gasteiger partial charge in [0, 0.05) is 53.1 Å². The predicted molar refractivity (Wildman–Crippen MR) is 195 cm³/mol. The lowest BCUT2D eigenvalue weighted by molar-refractivity contribution is -0.167. The predicted octanol–water partition coefficient (Wildman–Crippen LogP) is 4.86. The van der Waals surface area contributed by atoms with Crippen LogP contribution in [-0.4, -0.2) is 90.4 Å². The zero-order chi connectivity index (χ0) is 38.0. The molecule has 7 atom stereocenters. The number of hydrogen-bond acceptors (Lipinski definition) is 14. The molecule has 2 fully saturated rings. The molecular formula is C40H39N3O10S. The van der Waals surface area contributed by atoms with Gasteiger partial charge < -0.3 is 33.5 Å². The normalized spacial score (nSPS) is 26.9. The van der Waals surface area contributed by atoms with Crippen molar-refractivity contribution in [3.8, 4) is 34.8 Å². The molecule has 0 aromatic heterocycles. The van der Waals surface area contributed by atoms with Gasteiger partial charge in [-0.25, -0.2) is 9.59 Å². The van der Waals surface area contributed by atoms with Gasteiger partial charge in [-0.1, -0.05) is 36.4 Å². The summed E-state index contributed by atoms with van der Waals surface area (Å²) in [6.07, 6.45) is 2.05. The van der Waals surface area contributed by atoms with Crippen molar-refractivity contribution < 1.29 is 47.9 Å². The number of esters is 3. The Bertz CT molecular complexity index is 2130. The van der Waals surface area contributed by atoms with Crippen molar-refractivity contribution in [2.24, 2.45) is 0 Å². The number of nitrogens with zero attached hydrogens (tertiary/aromatic N) is 3. The van der Waals surface area contributed by atoms with Crippen LogP contribution in [0.5, 0.6) is 28.7 Å². The highest BCUT2D eigenvalue weighted by atomic mass is 32.2. The van der Waals surface area contributed by atoms with E-state index in [1.165, 1.54) is 31.9 Å². The molecule has 0 saturated carbocycles. The zero-order valence-electron chi connectivity index (χ0n) is 30.4. The molecule has 9 rings (SSSR count). The smallest absolute Gasteiger partial charge is 0.348 e. The Morgan fingerprint density at radius 2 is 1.83 bits per heavy atom. The van der Waals surface area contributed by atoms with Crippen LogP contribution in [0.25, 0.3) is 6.08 Å². The zero-order valence-corrected chi connectivity index (χ0v) is 31.2. The van der Waals surface area contributed by atoms with Crippen molar-refractivity contribution in [3.63, 3.8) is 0 Å². The number of carbonyl (C=O) groups excluding carboxylic acids is 3. The number of likely N-dealkylation sites (N-methyl/N-ethyl adjacent to an activating group) is 1. The van der Waals surface area contributed by atoms with Crippen LogP contribution in [-0.2, 0) is 30.3 Å². The number of piperazine rings is 1. The van der Waals surface area contributed by atoms with E-state index in [-0.39, 0.29) is 36.7 Å². The first-order valence-electron chi connectivity index (χ1n) is 17.7. The van der Waals surface area contributed by atoms with Crippen molar-refractivity contribution in [2.75, 3.05) is 33.3 Å². The van der Waals surface area contributed by atoms with Gasteiger partial charge in [0.25, 0.3) is 0 Å². The third kappa shape index (κ3) is 5.64. The number of aryl methyl sites for hydroxylation is 1. The molecule has 0 spiro atoms. The second-order valence-corrected chi connectivity index (χ2v) is 15.2. The van der Waals surface area contributed by atoms with Gasteiger partial charge in [0.15, 0.2) is 23.0 Å². The number of ether oxygens (including phenoxy) is 6. The van der Waals surface area contributed by atoms with Gasteiger partial charge in [-0.05, 0) is 50.1 Å². The molecule has 14 heteroatoms. The Kier molecular flexibility index (Phi) is 9.20. The molecule has 54 heavy (non-hydrogen) atoms. The summed E-state index contributed by atoms with van der Waals surface area (Å²) in [5, 5.41) is 22.3. The van der Waals surface area contributed by atoms with E-state index in [2.05, 4.69) is 15.9 Å². The number of methoxy groups -OCH3 is 1. The van der Waals surface area contributed by atoms with Gasteiger partial charge in [-0.15, -0.1) is 11.8 Å². The number of nitriles is 1. The van der Waals surface area contributed by atoms with Gasteiger partial charge in [0.05, 0.1) is 30.5 Å². The molecule has 3 aromatic carbocycles. The second kappa shape index (κ2) is 13.9. The number of phenols is 1. The first-order valence-corrected chi connectivity index (χ1v) is 18.7. The van der Waals surface area contributed by atoms with E-state index >= 15 is 0 Å². The van der Waals surface area contributed by atoms with Crippen molar-refractivity contribution in [1.82, 2.24) is 9.80 Å². The van der Waals surface area contributed by atoms with Crippen molar-refractivity contribution in [2.45, 2.75) is 68.8 Å². The highest BCUT2D eigenvalue weighted by molar-refractivity contribution is 7.99. The number of phenolic OH excluding ortho intramolecular Hbond substituents is 1. The van der Waals surface area contributed by atoms with Crippen LogP contribution in [0.3, 0.4) is 0 Å². The maximum atomic E-state index is 13.8. The Balaban J connectivity index is 1.32. The van der Waals surface area contributed by atoms with Crippen LogP contribution >= 0.6 is 11.8 Å². The Hall–Kier alpha value is -5.23. The maximum Gasteiger partial charge on any atom is 0.348 e. The summed E-state index contributed by atoms with van der Waals surface area (Å²) in [7, 11) is 3.47. The average molecular weight is 754 g/mol. The molecule has 0 radical (unpaired) electrons. The molecule has 6 aliphatic heterocycles. The molecule has 0 amide bonds. The van der Waals surface area contributed by atoms with E-state index in [4.69, 9.17) is 28.4 Å². The molecular weight excluding hydrogens is 715 g/mol. The molecule has 4 bridgehead atoms. The highest BCUT2D eigenvalue weighted by Crippen LogP contribution is 2.64. The lowest BCUT2D eigenvalue weighted by Gasteiger charge is -2.61. The maximum absolute atomic E-state index is 13.8. The van der Waals surface area contributed by atoms with Crippen LogP contribution in [0.4, 0.5) is 0 Å². The quantitative estimate of drug-likeness (QED) is 0.214. The van der Waals surface area contributed by atoms with Crippen molar-refractivity contribution >= 4 is 35.7 Å². The summed E-state index contributed by atoms with van der Waals surface area (Å²) in [6.45, 7) is 4.67. The lowest BCUT2D eigenvalue weighted by Crippen LogP contribution is -2.69. The number of aromatic hydroxyl groups is 1. The van der Waals surface area contributed by atoms with E-state index in [1.807, 2.05) is 50.4 Å². The minimum absolute atomic E-state index is 0.0156. The van der Waals surface area contributed by atoms with E-state index in [0.717, 1.165) is 16.7 Å². The standard InChI is InChI=1S/C40H39N3O10S/c1-19-13-23-14-24-25(15-41)43-26-16-49-40(47)27(53-28(45)12-11-22-9-7-6-8-10-22)17-54-39(33(43)32(42(24)4)29(23)34(46)35(19)48-5)31-30(26)38-37(50-18-51-38)20(2)36(31)52-21(3)44/h6-13,24-27,32-33,39,46H,14,16-18H2,1-5H3/t24-,25-,26-,27-,32+,33?,39+/m0/s1. The SMILES string of the molecule is COc1c(C)cc2c(c1O)[C@@H]1C3[C@@H]4SC[C@H](OC(=O)C=Cc5ccccc5)C(=O)OC[C@@H](c5c6c(c(C)c(OC(C)=O)c54)OCO6)N3[C@@H](C#N)[C@H](C2)N1C. The summed E-state index contributed by atoms with van der Waals surface area (Å²) in [5.74, 6) is -0.542. The van der Waals surface area contributed by atoms with Gasteiger partial charge in [-0.3, -0.25) is 14.6 Å². The molecule has 2 saturated heterocycles. The van der Waals surface area contributed by atoms with Crippen LogP contribution in [0, 0.1) is 25.2 Å². The molecule has 6 heterocycles. The van der Waals surface area contributed by atoms with E-state index in [1.54, 1.807) is 13.0 Å². The van der Waals surface area contributed by atoms with Crippen molar-refractivity contribution in [1.29, 1.82) is 5.26 Å². The fraction of sp³-hybridized carbons (Fsp3) is 0.400. The largest absolute Gasteiger partial charge is 0.504 e. The Morgan fingerprint density at radius 1 is 1.07 bits per heavy atom. The second-order valence-electron chi connectivity index (χ2n) is 14.1. The first-order chi connectivity index (χ1) is 26.0. The van der Waals surface area contributed by atoms with Gasteiger partial charge in [-0.2, -0.15) is 5.26 Å². The fourth-order valence-electron chi connectivity index (χ4n) is 8.94. The number of thioether (sulfide) groups is 1. The average Bonchev–Trinajstić information content (AvgIpc) is 3.64. The molecule has 280 valence electrons. The summed E-state index contributed by atoms with van der Waals surface area (Å²) < 4.78 is 35.6. The van der Waals surface area contributed by atoms with Gasteiger partial charge in [0.2, 0.25) is 12.9 Å². The number of benzene rings is 3. The molecule has 13 nitrogen and oxygen atoms in total. The van der Waals surface area contributed by atoms with Gasteiger partial charge in [0.1, 0.15) is 18.4 Å². The molecule has 1 unspecified atom stereocenters. The lowest BCUT2D eigenvalue weighted by atomic mass is 9.71. The summed E-state index contributed by atoms with van der Waals surface area (Å²) in [4.78, 5) is 43.9. The third-order valence-corrected chi connectivity index (χ3v) is 12.5. The topological polar surface area (TPSA) is 157 Å². The van der Waals surface area contributed by atoms with E-state index in [0.29, 0.717) is 45.9 Å². The van der Waals surface area contributed by atoms with Crippen LogP contribution in [0.1, 0.15) is 63.2 Å². The third-order valence-electron chi connectivity index (χ3n) is 11.1. The minimum Gasteiger partial charge on any atom is -0.504 e. The monoisotopic (exact) mass is 753 g/mol. The van der Waals surface area contributed by atoms with Crippen LogP contribution in [0.2, 0.25) is 0 Å². The van der Waals surface area contributed by atoms with Crippen molar-refractivity contribution in [3.05, 3.63) is 81.4 Å². The minimum atomic E-state index is -1.29.